The van der Waals surface area contributed by atoms with Crippen LogP contribution in [0.25, 0.3) is 0 Å². The highest BCUT2D eigenvalue weighted by molar-refractivity contribution is 14.0. The van der Waals surface area contributed by atoms with Crippen molar-refractivity contribution in [3.63, 3.8) is 0 Å². The highest BCUT2D eigenvalue weighted by atomic mass is 127. The molecule has 2 aromatic carbocycles. The molecule has 0 aliphatic carbocycles. The molecule has 0 saturated heterocycles. The van der Waals surface area contributed by atoms with Gasteiger partial charge in [0.1, 0.15) is 5.75 Å². The molecule has 2 rings (SSSR count). The minimum absolute atomic E-state index is 0. The summed E-state index contributed by atoms with van der Waals surface area (Å²) in [7, 11) is -2.21. The second-order valence-corrected chi connectivity index (χ2v) is 7.70. The minimum atomic E-state index is -4.77. The summed E-state index contributed by atoms with van der Waals surface area (Å²) < 4.78 is 72.0. The molecule has 13 heteroatoms. The van der Waals surface area contributed by atoms with Crippen molar-refractivity contribution in [2.75, 3.05) is 25.6 Å². The summed E-state index contributed by atoms with van der Waals surface area (Å²) >= 11 is 0. The van der Waals surface area contributed by atoms with Crippen LogP contribution < -0.4 is 20.5 Å². The van der Waals surface area contributed by atoms with E-state index < -0.39 is 16.4 Å². The Morgan fingerprint density at radius 1 is 1.16 bits per heavy atom. The maximum absolute atomic E-state index is 12.2. The number of alkyl halides is 3. The summed E-state index contributed by atoms with van der Waals surface area (Å²) in [5.41, 5.74) is 6.79. The number of sulfonamides is 1. The zero-order chi connectivity index (χ0) is 22.2. The minimum Gasteiger partial charge on any atom is -0.406 e. The van der Waals surface area contributed by atoms with Gasteiger partial charge in [-0.15, -0.1) is 37.1 Å². The van der Waals surface area contributed by atoms with E-state index in [2.05, 4.69) is 19.8 Å². The van der Waals surface area contributed by atoms with Crippen molar-refractivity contribution in [3.8, 4) is 5.75 Å². The van der Waals surface area contributed by atoms with Crippen LogP contribution >= 0.6 is 24.0 Å². The van der Waals surface area contributed by atoms with Gasteiger partial charge in [-0.3, -0.25) is 0 Å². The van der Waals surface area contributed by atoms with E-state index in [1.54, 1.807) is 12.1 Å². The Hall–Kier alpha value is -2.10. The number of ether oxygens (including phenoxy) is 2. The molecule has 0 fully saturated rings. The molecule has 2 aromatic rings. The van der Waals surface area contributed by atoms with Crippen molar-refractivity contribution in [2.24, 2.45) is 10.7 Å². The van der Waals surface area contributed by atoms with E-state index in [9.17, 15) is 21.6 Å². The summed E-state index contributed by atoms with van der Waals surface area (Å²) in [6.07, 6.45) is -4.77. The molecule has 0 saturated carbocycles. The number of anilines is 1. The summed E-state index contributed by atoms with van der Waals surface area (Å²) in [5, 5.41) is 2.73. The molecule has 0 spiro atoms. The lowest BCUT2D eigenvalue weighted by molar-refractivity contribution is -0.274. The van der Waals surface area contributed by atoms with Crippen LogP contribution in [0, 0.1) is 0 Å². The van der Waals surface area contributed by atoms with Crippen molar-refractivity contribution in [1.82, 2.24) is 4.72 Å². The number of hydrogen-bond donors (Lipinski definition) is 3. The van der Waals surface area contributed by atoms with Crippen LogP contribution in [0.3, 0.4) is 0 Å². The first kappa shape index (κ1) is 26.9. The molecule has 0 aromatic heterocycles. The number of nitrogens with zero attached hydrogens (tertiary/aromatic N) is 1. The molecule has 0 amide bonds. The first-order chi connectivity index (χ1) is 14.1. The molecule has 0 aliphatic rings. The van der Waals surface area contributed by atoms with Crippen LogP contribution in [0.15, 0.2) is 58.4 Å². The Bertz CT molecular complexity index is 971. The standard InChI is InChI=1S/C18H21F3N4O4S.HI/c1-28-10-9-24-30(26,27)16-4-2-3-13(11-16)12-23-17(22)25-14-5-7-15(8-6-14)29-18(19,20)21;/h2-8,11,24H,9-10,12H2,1H3,(H3,22,23,25);1H. The van der Waals surface area contributed by atoms with Crippen LogP contribution in [0.1, 0.15) is 5.56 Å². The van der Waals surface area contributed by atoms with Gasteiger partial charge in [-0.25, -0.2) is 18.1 Å². The third-order valence-corrected chi connectivity index (χ3v) is 5.06. The fourth-order valence-corrected chi connectivity index (χ4v) is 3.36. The van der Waals surface area contributed by atoms with Gasteiger partial charge in [0, 0.05) is 19.3 Å². The van der Waals surface area contributed by atoms with Crippen molar-refractivity contribution in [2.45, 2.75) is 17.8 Å². The number of halogens is 4. The molecular formula is C18H22F3IN4O4S. The lowest BCUT2D eigenvalue weighted by atomic mass is 10.2. The van der Waals surface area contributed by atoms with Crippen molar-refractivity contribution < 1.29 is 31.1 Å². The summed E-state index contributed by atoms with van der Waals surface area (Å²) in [6.45, 7) is 0.481. The number of methoxy groups -OCH3 is 1. The Balaban J connectivity index is 0.00000480. The molecule has 0 atom stereocenters. The number of aliphatic imine (C=N–C) groups is 1. The van der Waals surface area contributed by atoms with Crippen molar-refractivity contribution in [1.29, 1.82) is 0 Å². The maximum Gasteiger partial charge on any atom is 0.573 e. The van der Waals surface area contributed by atoms with Gasteiger partial charge in [-0.1, -0.05) is 12.1 Å². The van der Waals surface area contributed by atoms with E-state index in [1.807, 2.05) is 0 Å². The first-order valence-corrected chi connectivity index (χ1v) is 10.1. The lowest BCUT2D eigenvalue weighted by Gasteiger charge is -2.10. The molecule has 4 N–H and O–H groups in total. The largest absolute Gasteiger partial charge is 0.573 e. The fourth-order valence-electron chi connectivity index (χ4n) is 2.28. The number of rotatable bonds is 9. The highest BCUT2D eigenvalue weighted by Gasteiger charge is 2.30. The summed E-state index contributed by atoms with van der Waals surface area (Å²) in [5.74, 6) is -0.355. The number of hydrogen-bond acceptors (Lipinski definition) is 5. The predicted octanol–water partition coefficient (Wildman–Crippen LogP) is 3.05. The third-order valence-electron chi connectivity index (χ3n) is 3.60. The van der Waals surface area contributed by atoms with Gasteiger partial charge in [0.2, 0.25) is 10.0 Å². The van der Waals surface area contributed by atoms with Crippen LogP contribution in [-0.4, -0.2) is 41.0 Å². The molecule has 0 bridgehead atoms. The molecule has 0 radical (unpaired) electrons. The zero-order valence-corrected chi connectivity index (χ0v) is 19.5. The van der Waals surface area contributed by atoms with Gasteiger partial charge < -0.3 is 20.5 Å². The van der Waals surface area contributed by atoms with Crippen LogP contribution in [0.5, 0.6) is 5.75 Å². The molecule has 172 valence electrons. The Labute approximate surface area is 195 Å². The molecule has 8 nitrogen and oxygen atoms in total. The Kier molecular flexibility index (Phi) is 10.5. The molecule has 31 heavy (non-hydrogen) atoms. The summed E-state index contributed by atoms with van der Waals surface area (Å²) in [4.78, 5) is 4.19. The van der Waals surface area contributed by atoms with E-state index in [0.29, 0.717) is 11.3 Å². The second kappa shape index (κ2) is 12.1. The van der Waals surface area contributed by atoms with Gasteiger partial charge >= 0.3 is 6.36 Å². The lowest BCUT2D eigenvalue weighted by Crippen LogP contribution is -2.27. The molecule has 0 heterocycles. The predicted molar refractivity (Wildman–Crippen MR) is 121 cm³/mol. The number of nitrogens with one attached hydrogen (secondary N) is 2. The quantitative estimate of drug-likeness (QED) is 0.184. The Morgan fingerprint density at radius 3 is 2.45 bits per heavy atom. The number of nitrogens with two attached hydrogens (primary N) is 1. The Morgan fingerprint density at radius 2 is 1.84 bits per heavy atom. The van der Waals surface area contributed by atoms with Gasteiger partial charge in [0.25, 0.3) is 0 Å². The molecule has 0 aliphatic heterocycles. The molecule has 0 unspecified atom stereocenters. The maximum atomic E-state index is 12.2. The monoisotopic (exact) mass is 574 g/mol. The fraction of sp³-hybridized carbons (Fsp3) is 0.278. The molecular weight excluding hydrogens is 552 g/mol. The topological polar surface area (TPSA) is 115 Å². The van der Waals surface area contributed by atoms with Crippen LogP contribution in [0.2, 0.25) is 0 Å². The van der Waals surface area contributed by atoms with E-state index in [1.165, 1.54) is 31.4 Å². The zero-order valence-electron chi connectivity index (χ0n) is 16.3. The normalized spacial score (nSPS) is 12.2. The van der Waals surface area contributed by atoms with E-state index in [4.69, 9.17) is 10.5 Å². The van der Waals surface area contributed by atoms with Gasteiger partial charge in [0.05, 0.1) is 18.0 Å². The summed E-state index contributed by atoms with van der Waals surface area (Å²) in [6, 6.07) is 11.2. The van der Waals surface area contributed by atoms with Gasteiger partial charge in [-0.2, -0.15) is 0 Å². The number of benzene rings is 2. The first-order valence-electron chi connectivity index (χ1n) is 8.59. The van der Waals surface area contributed by atoms with Gasteiger partial charge in [-0.05, 0) is 42.0 Å². The third kappa shape index (κ3) is 9.71. The van der Waals surface area contributed by atoms with Gasteiger partial charge in [0.15, 0.2) is 5.96 Å². The average Bonchev–Trinajstić information content (AvgIpc) is 2.67. The second-order valence-electron chi connectivity index (χ2n) is 5.94. The van der Waals surface area contributed by atoms with E-state index >= 15 is 0 Å². The van der Waals surface area contributed by atoms with Crippen molar-refractivity contribution >= 4 is 45.6 Å². The van der Waals surface area contributed by atoms with E-state index in [0.717, 1.165) is 12.1 Å². The van der Waals surface area contributed by atoms with Crippen LogP contribution in [-0.2, 0) is 21.3 Å². The van der Waals surface area contributed by atoms with Crippen molar-refractivity contribution in [3.05, 3.63) is 54.1 Å². The number of guanidine groups is 1. The smallest absolute Gasteiger partial charge is 0.406 e. The SMILES string of the molecule is COCCNS(=O)(=O)c1cccc(CN=C(N)Nc2ccc(OC(F)(F)F)cc2)c1.I. The van der Waals surface area contributed by atoms with Crippen LogP contribution in [0.4, 0.5) is 18.9 Å². The average molecular weight is 574 g/mol. The van der Waals surface area contributed by atoms with E-state index in [-0.39, 0.29) is 60.3 Å². The highest BCUT2D eigenvalue weighted by Crippen LogP contribution is 2.23.